The van der Waals surface area contributed by atoms with Gasteiger partial charge < -0.3 is 15.0 Å². The highest BCUT2D eigenvalue weighted by atomic mass is 79.9. The summed E-state index contributed by atoms with van der Waals surface area (Å²) in [6, 6.07) is 11.5. The van der Waals surface area contributed by atoms with E-state index in [4.69, 9.17) is 4.74 Å². The molecule has 4 nitrogen and oxygen atoms in total. The van der Waals surface area contributed by atoms with Crippen molar-refractivity contribution >= 4 is 33.2 Å². The van der Waals surface area contributed by atoms with E-state index in [0.717, 1.165) is 34.5 Å². The molecular formula is C19H23BrN2O2. The van der Waals surface area contributed by atoms with Crippen molar-refractivity contribution in [1.82, 2.24) is 0 Å². The number of rotatable bonds is 6. The molecule has 0 aliphatic heterocycles. The Balaban J connectivity index is 2.25. The second-order valence-corrected chi connectivity index (χ2v) is 6.39. The van der Waals surface area contributed by atoms with Gasteiger partial charge in [0.1, 0.15) is 5.75 Å². The Morgan fingerprint density at radius 1 is 1.17 bits per heavy atom. The largest absolute Gasteiger partial charge is 0.496 e. The molecule has 0 saturated heterocycles. The van der Waals surface area contributed by atoms with Gasteiger partial charge in [-0.05, 0) is 62.7 Å². The summed E-state index contributed by atoms with van der Waals surface area (Å²) >= 11 is 3.39. The van der Waals surface area contributed by atoms with E-state index in [-0.39, 0.29) is 5.91 Å². The third kappa shape index (κ3) is 4.09. The zero-order chi connectivity index (χ0) is 17.7. The van der Waals surface area contributed by atoms with Gasteiger partial charge in [0.25, 0.3) is 5.91 Å². The molecule has 2 rings (SSSR count). The fourth-order valence-electron chi connectivity index (χ4n) is 2.62. The maximum absolute atomic E-state index is 12.6. The molecule has 5 heteroatoms. The molecule has 0 saturated carbocycles. The quantitative estimate of drug-likeness (QED) is 0.764. The minimum Gasteiger partial charge on any atom is -0.496 e. The van der Waals surface area contributed by atoms with E-state index in [0.29, 0.717) is 11.3 Å². The molecule has 0 aromatic heterocycles. The molecule has 1 N–H and O–H groups in total. The summed E-state index contributed by atoms with van der Waals surface area (Å²) in [5.41, 5.74) is 3.49. The summed E-state index contributed by atoms with van der Waals surface area (Å²) < 4.78 is 6.12. The number of aryl methyl sites for hydroxylation is 1. The second kappa shape index (κ2) is 8.20. The third-order valence-corrected chi connectivity index (χ3v) is 4.49. The van der Waals surface area contributed by atoms with Crippen molar-refractivity contribution in [2.75, 3.05) is 30.4 Å². The molecule has 0 spiro atoms. The number of anilines is 2. The van der Waals surface area contributed by atoms with Gasteiger partial charge in [-0.25, -0.2) is 0 Å². The number of halogens is 1. The summed E-state index contributed by atoms with van der Waals surface area (Å²) in [6.07, 6.45) is 0. The van der Waals surface area contributed by atoms with Crippen LogP contribution >= 0.6 is 15.9 Å². The van der Waals surface area contributed by atoms with E-state index >= 15 is 0 Å². The molecule has 0 aliphatic rings. The zero-order valence-electron chi connectivity index (χ0n) is 14.5. The summed E-state index contributed by atoms with van der Waals surface area (Å²) in [4.78, 5) is 14.9. The standard InChI is InChI=1S/C19H23BrN2O2/c1-5-22(6-2)15-8-9-17(13(3)11-15)21-19(23)16-12-14(20)7-10-18(16)24-4/h7-12H,5-6H2,1-4H3,(H,21,23). The lowest BCUT2D eigenvalue weighted by atomic mass is 10.1. The first-order valence-electron chi connectivity index (χ1n) is 8.00. The number of hydrogen-bond acceptors (Lipinski definition) is 3. The highest BCUT2D eigenvalue weighted by Crippen LogP contribution is 2.26. The first-order chi connectivity index (χ1) is 11.5. The van der Waals surface area contributed by atoms with Crippen LogP contribution < -0.4 is 15.0 Å². The molecule has 0 atom stereocenters. The number of benzene rings is 2. The lowest BCUT2D eigenvalue weighted by Crippen LogP contribution is -2.22. The lowest BCUT2D eigenvalue weighted by Gasteiger charge is -2.22. The van der Waals surface area contributed by atoms with Crippen molar-refractivity contribution in [3.63, 3.8) is 0 Å². The Labute approximate surface area is 151 Å². The fourth-order valence-corrected chi connectivity index (χ4v) is 2.98. The maximum atomic E-state index is 12.6. The van der Waals surface area contributed by atoms with Gasteiger partial charge in [0.2, 0.25) is 0 Å². The number of nitrogens with one attached hydrogen (secondary N) is 1. The number of nitrogens with zero attached hydrogens (tertiary/aromatic N) is 1. The lowest BCUT2D eigenvalue weighted by molar-refractivity contribution is 0.102. The number of amides is 1. The molecular weight excluding hydrogens is 368 g/mol. The molecule has 1 amide bonds. The van der Waals surface area contributed by atoms with Crippen LogP contribution in [0, 0.1) is 6.92 Å². The SMILES string of the molecule is CCN(CC)c1ccc(NC(=O)c2cc(Br)ccc2OC)c(C)c1. The number of hydrogen-bond donors (Lipinski definition) is 1. The molecule has 128 valence electrons. The minimum absolute atomic E-state index is 0.188. The molecule has 2 aromatic carbocycles. The summed E-state index contributed by atoms with van der Waals surface area (Å²) in [5, 5.41) is 2.97. The first kappa shape index (κ1) is 18.3. The van der Waals surface area contributed by atoms with Gasteiger partial charge in [-0.2, -0.15) is 0 Å². The van der Waals surface area contributed by atoms with Gasteiger partial charge in [0.05, 0.1) is 12.7 Å². The van der Waals surface area contributed by atoms with Crippen LogP contribution in [0.1, 0.15) is 29.8 Å². The molecule has 0 unspecified atom stereocenters. The predicted molar refractivity (Wildman–Crippen MR) is 103 cm³/mol. The number of methoxy groups -OCH3 is 1. The highest BCUT2D eigenvalue weighted by Gasteiger charge is 2.14. The van der Waals surface area contributed by atoms with Crippen LogP contribution in [-0.2, 0) is 0 Å². The van der Waals surface area contributed by atoms with Crippen molar-refractivity contribution in [3.8, 4) is 5.75 Å². The molecule has 0 fully saturated rings. The number of ether oxygens (including phenoxy) is 1. The summed E-state index contributed by atoms with van der Waals surface area (Å²) in [5.74, 6) is 0.361. The predicted octanol–water partition coefficient (Wildman–Crippen LogP) is 4.86. The maximum Gasteiger partial charge on any atom is 0.259 e. The Hall–Kier alpha value is -2.01. The van der Waals surface area contributed by atoms with Crippen molar-refractivity contribution in [2.45, 2.75) is 20.8 Å². The normalized spacial score (nSPS) is 10.4. The van der Waals surface area contributed by atoms with E-state index in [1.165, 1.54) is 0 Å². The molecule has 0 radical (unpaired) electrons. The first-order valence-corrected chi connectivity index (χ1v) is 8.79. The van der Waals surface area contributed by atoms with Gasteiger partial charge in [0.15, 0.2) is 0 Å². The summed E-state index contributed by atoms with van der Waals surface area (Å²) in [6.45, 7) is 8.18. The van der Waals surface area contributed by atoms with Crippen molar-refractivity contribution in [3.05, 3.63) is 52.0 Å². The van der Waals surface area contributed by atoms with E-state index in [2.05, 4.69) is 46.1 Å². The monoisotopic (exact) mass is 390 g/mol. The van der Waals surface area contributed by atoms with E-state index < -0.39 is 0 Å². The highest BCUT2D eigenvalue weighted by molar-refractivity contribution is 9.10. The van der Waals surface area contributed by atoms with Crippen LogP contribution in [0.4, 0.5) is 11.4 Å². The van der Waals surface area contributed by atoms with Gasteiger partial charge in [-0.3, -0.25) is 4.79 Å². The van der Waals surface area contributed by atoms with Gasteiger partial charge >= 0.3 is 0 Å². The van der Waals surface area contributed by atoms with Crippen molar-refractivity contribution in [2.24, 2.45) is 0 Å². The second-order valence-electron chi connectivity index (χ2n) is 5.47. The van der Waals surface area contributed by atoms with Crippen LogP contribution in [-0.4, -0.2) is 26.1 Å². The Bertz CT molecular complexity index is 727. The van der Waals surface area contributed by atoms with Gasteiger partial charge in [-0.1, -0.05) is 15.9 Å². The zero-order valence-corrected chi connectivity index (χ0v) is 16.1. The van der Waals surface area contributed by atoms with Crippen LogP contribution in [0.5, 0.6) is 5.75 Å². The van der Waals surface area contributed by atoms with E-state index in [1.54, 1.807) is 19.2 Å². The topological polar surface area (TPSA) is 41.6 Å². The molecule has 0 bridgehead atoms. The third-order valence-electron chi connectivity index (χ3n) is 3.99. The molecule has 24 heavy (non-hydrogen) atoms. The van der Waals surface area contributed by atoms with Gasteiger partial charge in [0, 0.05) is 28.9 Å². The Morgan fingerprint density at radius 2 is 1.88 bits per heavy atom. The minimum atomic E-state index is -0.188. The Kier molecular flexibility index (Phi) is 6.26. The number of carbonyl (C=O) groups is 1. The average molecular weight is 391 g/mol. The van der Waals surface area contributed by atoms with Gasteiger partial charge in [-0.15, -0.1) is 0 Å². The molecule has 0 heterocycles. The van der Waals surface area contributed by atoms with Crippen LogP contribution in [0.25, 0.3) is 0 Å². The molecule has 2 aromatic rings. The summed E-state index contributed by atoms with van der Waals surface area (Å²) in [7, 11) is 1.56. The Morgan fingerprint density at radius 3 is 2.46 bits per heavy atom. The smallest absolute Gasteiger partial charge is 0.259 e. The van der Waals surface area contributed by atoms with E-state index in [9.17, 15) is 4.79 Å². The number of carbonyl (C=O) groups excluding carboxylic acids is 1. The van der Waals surface area contributed by atoms with Crippen molar-refractivity contribution in [1.29, 1.82) is 0 Å². The van der Waals surface area contributed by atoms with Crippen LogP contribution in [0.2, 0.25) is 0 Å². The van der Waals surface area contributed by atoms with E-state index in [1.807, 2.05) is 25.1 Å². The molecule has 0 aliphatic carbocycles. The average Bonchev–Trinajstić information content (AvgIpc) is 2.58. The van der Waals surface area contributed by atoms with Crippen molar-refractivity contribution < 1.29 is 9.53 Å². The van der Waals surface area contributed by atoms with Crippen LogP contribution in [0.3, 0.4) is 0 Å². The fraction of sp³-hybridized carbons (Fsp3) is 0.316. The van der Waals surface area contributed by atoms with Crippen LogP contribution in [0.15, 0.2) is 40.9 Å².